The van der Waals surface area contributed by atoms with E-state index in [4.69, 9.17) is 4.74 Å². The van der Waals surface area contributed by atoms with Crippen molar-refractivity contribution in [3.8, 4) is 0 Å². The van der Waals surface area contributed by atoms with Crippen molar-refractivity contribution in [2.24, 2.45) is 5.92 Å². The highest BCUT2D eigenvalue weighted by Crippen LogP contribution is 2.18. The molecule has 0 bridgehead atoms. The SMILES string of the molecule is CC(C)C[C@H](NC(=O)OC(C)(C)C)C(=O)NC1CCCC1. The summed E-state index contributed by atoms with van der Waals surface area (Å²) in [5.41, 5.74) is -0.561. The monoisotopic (exact) mass is 298 g/mol. The highest BCUT2D eigenvalue weighted by atomic mass is 16.6. The van der Waals surface area contributed by atoms with Gasteiger partial charge in [-0.05, 0) is 46.0 Å². The van der Waals surface area contributed by atoms with Crippen LogP contribution in [0.15, 0.2) is 0 Å². The summed E-state index contributed by atoms with van der Waals surface area (Å²) in [6.07, 6.45) is 4.48. The molecule has 0 aromatic carbocycles. The average Bonchev–Trinajstić information content (AvgIpc) is 2.77. The number of hydrogen-bond donors (Lipinski definition) is 2. The van der Waals surface area contributed by atoms with Gasteiger partial charge in [0.2, 0.25) is 5.91 Å². The van der Waals surface area contributed by atoms with Gasteiger partial charge < -0.3 is 15.4 Å². The second-order valence-corrected chi connectivity index (χ2v) is 7.32. The molecule has 5 heteroatoms. The molecule has 1 rings (SSSR count). The topological polar surface area (TPSA) is 67.4 Å². The van der Waals surface area contributed by atoms with Crippen molar-refractivity contribution >= 4 is 12.0 Å². The molecule has 21 heavy (non-hydrogen) atoms. The van der Waals surface area contributed by atoms with Crippen LogP contribution in [0.2, 0.25) is 0 Å². The van der Waals surface area contributed by atoms with Crippen molar-refractivity contribution in [3.63, 3.8) is 0 Å². The van der Waals surface area contributed by atoms with E-state index in [0.29, 0.717) is 12.3 Å². The van der Waals surface area contributed by atoms with Crippen molar-refractivity contribution in [2.75, 3.05) is 0 Å². The molecule has 0 aromatic rings. The summed E-state index contributed by atoms with van der Waals surface area (Å²) in [6, 6.07) is -0.270. The van der Waals surface area contributed by atoms with E-state index >= 15 is 0 Å². The number of carbonyl (C=O) groups excluding carboxylic acids is 2. The maximum atomic E-state index is 12.4. The Morgan fingerprint density at radius 2 is 1.76 bits per heavy atom. The van der Waals surface area contributed by atoms with Gasteiger partial charge in [0.1, 0.15) is 11.6 Å². The first-order chi connectivity index (χ1) is 9.67. The Bertz CT molecular complexity index is 355. The number of rotatable bonds is 5. The van der Waals surface area contributed by atoms with Gasteiger partial charge in [-0.1, -0.05) is 26.7 Å². The number of nitrogens with one attached hydrogen (secondary N) is 2. The van der Waals surface area contributed by atoms with Gasteiger partial charge in [0, 0.05) is 6.04 Å². The lowest BCUT2D eigenvalue weighted by Crippen LogP contribution is -2.50. The first-order valence-corrected chi connectivity index (χ1v) is 7.97. The Hall–Kier alpha value is -1.26. The molecule has 0 spiro atoms. The summed E-state index contributed by atoms with van der Waals surface area (Å²) in [4.78, 5) is 24.2. The van der Waals surface area contributed by atoms with Crippen LogP contribution >= 0.6 is 0 Å². The minimum Gasteiger partial charge on any atom is -0.444 e. The zero-order valence-corrected chi connectivity index (χ0v) is 14.0. The lowest BCUT2D eigenvalue weighted by molar-refractivity contribution is -0.124. The minimum absolute atomic E-state index is 0.0959. The van der Waals surface area contributed by atoms with Gasteiger partial charge in [0.25, 0.3) is 0 Å². The number of hydrogen-bond acceptors (Lipinski definition) is 3. The Labute approximate surface area is 128 Å². The third-order valence-electron chi connectivity index (χ3n) is 3.42. The Balaban J connectivity index is 2.57. The highest BCUT2D eigenvalue weighted by molar-refractivity contribution is 5.85. The standard InChI is InChI=1S/C16H30N2O3/c1-11(2)10-13(18-15(20)21-16(3,4)5)14(19)17-12-8-6-7-9-12/h11-13H,6-10H2,1-5H3,(H,17,19)(H,18,20)/t13-/m0/s1. The predicted molar refractivity (Wildman–Crippen MR) is 83.0 cm³/mol. The third-order valence-corrected chi connectivity index (χ3v) is 3.42. The van der Waals surface area contributed by atoms with E-state index < -0.39 is 17.7 Å². The fourth-order valence-electron chi connectivity index (χ4n) is 2.52. The summed E-state index contributed by atoms with van der Waals surface area (Å²) in [5, 5.41) is 5.75. The van der Waals surface area contributed by atoms with Gasteiger partial charge in [-0.25, -0.2) is 4.79 Å². The number of ether oxygens (including phenoxy) is 1. The van der Waals surface area contributed by atoms with E-state index in [-0.39, 0.29) is 11.9 Å². The van der Waals surface area contributed by atoms with Crippen LogP contribution < -0.4 is 10.6 Å². The van der Waals surface area contributed by atoms with Crippen LogP contribution in [0, 0.1) is 5.92 Å². The predicted octanol–water partition coefficient (Wildman–Crippen LogP) is 2.98. The van der Waals surface area contributed by atoms with Crippen LogP contribution in [-0.2, 0) is 9.53 Å². The van der Waals surface area contributed by atoms with E-state index in [1.54, 1.807) is 0 Å². The van der Waals surface area contributed by atoms with Crippen LogP contribution in [0.3, 0.4) is 0 Å². The summed E-state index contributed by atoms with van der Waals surface area (Å²) in [7, 11) is 0. The maximum Gasteiger partial charge on any atom is 0.408 e. The van der Waals surface area contributed by atoms with Crippen LogP contribution in [-0.4, -0.2) is 29.7 Å². The molecule has 1 aliphatic rings. The van der Waals surface area contributed by atoms with Crippen molar-refractivity contribution in [2.45, 2.75) is 84.4 Å². The lowest BCUT2D eigenvalue weighted by Gasteiger charge is -2.25. The van der Waals surface area contributed by atoms with Crippen LogP contribution in [0.1, 0.15) is 66.7 Å². The molecule has 1 fully saturated rings. The minimum atomic E-state index is -0.561. The molecule has 0 heterocycles. The summed E-state index contributed by atoms with van der Waals surface area (Å²) in [5.74, 6) is 0.223. The number of alkyl carbamates (subject to hydrolysis) is 1. The zero-order chi connectivity index (χ0) is 16.0. The van der Waals surface area contributed by atoms with Gasteiger partial charge in [0.15, 0.2) is 0 Å². The smallest absolute Gasteiger partial charge is 0.408 e. The second kappa shape index (κ2) is 7.66. The largest absolute Gasteiger partial charge is 0.444 e. The van der Waals surface area contributed by atoms with Crippen LogP contribution in [0.4, 0.5) is 4.79 Å². The van der Waals surface area contributed by atoms with E-state index in [1.165, 1.54) is 12.8 Å². The van der Waals surface area contributed by atoms with Gasteiger partial charge >= 0.3 is 6.09 Å². The molecule has 1 saturated carbocycles. The molecule has 0 aliphatic heterocycles. The first kappa shape index (κ1) is 17.8. The third kappa shape index (κ3) is 7.34. The molecule has 0 saturated heterocycles. The normalized spacial score (nSPS) is 17.6. The second-order valence-electron chi connectivity index (χ2n) is 7.32. The van der Waals surface area contributed by atoms with E-state index in [9.17, 15) is 9.59 Å². The Kier molecular flexibility index (Phi) is 6.49. The van der Waals surface area contributed by atoms with E-state index in [0.717, 1.165) is 12.8 Å². The summed E-state index contributed by atoms with van der Waals surface area (Å²) >= 11 is 0. The number of amides is 2. The first-order valence-electron chi connectivity index (χ1n) is 7.97. The quantitative estimate of drug-likeness (QED) is 0.820. The van der Waals surface area contributed by atoms with Gasteiger partial charge in [-0.3, -0.25) is 4.79 Å². The van der Waals surface area contributed by atoms with Crippen LogP contribution in [0.25, 0.3) is 0 Å². The molecule has 0 unspecified atom stereocenters. The summed E-state index contributed by atoms with van der Waals surface area (Å²) < 4.78 is 5.24. The molecule has 5 nitrogen and oxygen atoms in total. The fourth-order valence-corrected chi connectivity index (χ4v) is 2.52. The van der Waals surface area contributed by atoms with Crippen molar-refractivity contribution < 1.29 is 14.3 Å². The molecule has 2 amide bonds. The highest BCUT2D eigenvalue weighted by Gasteiger charge is 2.27. The van der Waals surface area contributed by atoms with Gasteiger partial charge in [-0.2, -0.15) is 0 Å². The molecule has 0 aromatic heterocycles. The van der Waals surface area contributed by atoms with Gasteiger partial charge in [0.05, 0.1) is 0 Å². The molecule has 122 valence electrons. The Morgan fingerprint density at radius 1 is 1.19 bits per heavy atom. The number of carbonyl (C=O) groups is 2. The molecule has 2 N–H and O–H groups in total. The lowest BCUT2D eigenvalue weighted by atomic mass is 10.0. The molecule has 1 atom stereocenters. The molecule has 0 radical (unpaired) electrons. The Morgan fingerprint density at radius 3 is 2.24 bits per heavy atom. The van der Waals surface area contributed by atoms with Crippen molar-refractivity contribution in [1.82, 2.24) is 10.6 Å². The molecule has 1 aliphatic carbocycles. The molecular formula is C16H30N2O3. The summed E-state index contributed by atoms with van der Waals surface area (Å²) in [6.45, 7) is 9.49. The zero-order valence-electron chi connectivity index (χ0n) is 14.0. The van der Waals surface area contributed by atoms with E-state index in [1.807, 2.05) is 34.6 Å². The molecular weight excluding hydrogens is 268 g/mol. The van der Waals surface area contributed by atoms with Crippen LogP contribution in [0.5, 0.6) is 0 Å². The van der Waals surface area contributed by atoms with Crippen molar-refractivity contribution in [3.05, 3.63) is 0 Å². The maximum absolute atomic E-state index is 12.4. The van der Waals surface area contributed by atoms with Gasteiger partial charge in [-0.15, -0.1) is 0 Å². The van der Waals surface area contributed by atoms with E-state index in [2.05, 4.69) is 10.6 Å². The van der Waals surface area contributed by atoms with Crippen molar-refractivity contribution in [1.29, 1.82) is 0 Å². The fraction of sp³-hybridized carbons (Fsp3) is 0.875. The average molecular weight is 298 g/mol.